The number of esters is 1. The van der Waals surface area contributed by atoms with Crippen molar-refractivity contribution in [2.45, 2.75) is 12.0 Å². The molecule has 28 heavy (non-hydrogen) atoms. The molecule has 1 fully saturated rings. The molecule has 1 aliphatic heterocycles. The van der Waals surface area contributed by atoms with Crippen molar-refractivity contribution in [1.29, 1.82) is 0 Å². The number of aromatic hydroxyl groups is 3. The quantitative estimate of drug-likeness (QED) is 0.463. The fourth-order valence-corrected chi connectivity index (χ4v) is 4.26. The molecule has 8 nitrogen and oxygen atoms in total. The Morgan fingerprint density at radius 3 is 2.11 bits per heavy atom. The number of benzene rings is 2. The number of carbonyl (C=O) groups excluding carboxylic acids is 1. The van der Waals surface area contributed by atoms with Crippen LogP contribution in [0, 0.1) is 11.8 Å². The van der Waals surface area contributed by atoms with E-state index in [1.165, 1.54) is 26.4 Å². The smallest absolute Gasteiger partial charge is 0.310 e. The molecule has 1 saturated heterocycles. The Morgan fingerprint density at radius 2 is 1.54 bits per heavy atom. The molecule has 2 aromatic carbocycles. The van der Waals surface area contributed by atoms with Gasteiger partial charge >= 0.3 is 5.97 Å². The molecule has 0 aromatic heterocycles. The van der Waals surface area contributed by atoms with Gasteiger partial charge in [-0.05, 0) is 41.0 Å². The molecule has 4 atom stereocenters. The van der Waals surface area contributed by atoms with Crippen LogP contribution in [-0.2, 0) is 9.53 Å². The Bertz CT molecular complexity index is 928. The van der Waals surface area contributed by atoms with Crippen LogP contribution in [0.5, 0.6) is 28.7 Å². The third-order valence-corrected chi connectivity index (χ3v) is 5.61. The summed E-state index contributed by atoms with van der Waals surface area (Å²) in [5, 5.41) is 40.9. The first-order valence-electron chi connectivity index (χ1n) is 8.72. The average Bonchev–Trinajstić information content (AvgIpc) is 3.06. The molecule has 8 heteroatoms. The van der Waals surface area contributed by atoms with E-state index < -0.39 is 29.8 Å². The highest BCUT2D eigenvalue weighted by atomic mass is 16.5. The van der Waals surface area contributed by atoms with Crippen molar-refractivity contribution in [3.05, 3.63) is 41.0 Å². The second kappa shape index (κ2) is 6.49. The predicted octanol–water partition coefficient (Wildman–Crippen LogP) is 1.79. The monoisotopic (exact) mass is 388 g/mol. The number of methoxy groups -OCH3 is 2. The molecule has 1 aliphatic carbocycles. The Labute approximate surface area is 160 Å². The molecule has 148 valence electrons. The second-order valence-electron chi connectivity index (χ2n) is 6.99. The highest BCUT2D eigenvalue weighted by Crippen LogP contribution is 2.54. The van der Waals surface area contributed by atoms with E-state index in [1.807, 2.05) is 0 Å². The number of hydrogen-bond acceptors (Lipinski definition) is 8. The first kappa shape index (κ1) is 18.2. The molecule has 2 aromatic rings. The zero-order chi connectivity index (χ0) is 20.2. The molecule has 0 radical (unpaired) electrons. The fourth-order valence-electron chi connectivity index (χ4n) is 4.26. The topological polar surface area (TPSA) is 126 Å². The van der Waals surface area contributed by atoms with E-state index in [2.05, 4.69) is 0 Å². The van der Waals surface area contributed by atoms with Crippen LogP contribution in [0.25, 0.3) is 0 Å². The van der Waals surface area contributed by atoms with E-state index >= 15 is 0 Å². The van der Waals surface area contributed by atoms with Crippen LogP contribution in [0.2, 0.25) is 0 Å². The Morgan fingerprint density at radius 1 is 0.964 bits per heavy atom. The van der Waals surface area contributed by atoms with Gasteiger partial charge in [0.1, 0.15) is 0 Å². The van der Waals surface area contributed by atoms with Gasteiger partial charge < -0.3 is 34.6 Å². The zero-order valence-corrected chi connectivity index (χ0v) is 15.2. The van der Waals surface area contributed by atoms with Crippen molar-refractivity contribution < 1.29 is 39.4 Å². The SMILES string of the molecule is COc1cc(C2c3cc(O)c(O)cc3C(O)C3COC(=O)C23)cc(OC)c1O. The van der Waals surface area contributed by atoms with Crippen LogP contribution in [-0.4, -0.2) is 47.2 Å². The summed E-state index contributed by atoms with van der Waals surface area (Å²) in [6.07, 6.45) is -1.03. The van der Waals surface area contributed by atoms with Gasteiger partial charge in [0.25, 0.3) is 0 Å². The van der Waals surface area contributed by atoms with E-state index in [0.717, 1.165) is 0 Å². The minimum atomic E-state index is -1.03. The Hall–Kier alpha value is -3.13. The molecular weight excluding hydrogens is 368 g/mol. The van der Waals surface area contributed by atoms with E-state index in [4.69, 9.17) is 14.2 Å². The Kier molecular flexibility index (Phi) is 4.23. The van der Waals surface area contributed by atoms with Gasteiger partial charge in [-0.25, -0.2) is 0 Å². The van der Waals surface area contributed by atoms with E-state index in [1.54, 1.807) is 12.1 Å². The predicted molar refractivity (Wildman–Crippen MR) is 95.7 cm³/mol. The summed E-state index contributed by atoms with van der Waals surface area (Å²) in [4.78, 5) is 12.5. The molecule has 2 aliphatic rings. The lowest BCUT2D eigenvalue weighted by Gasteiger charge is -2.37. The molecule has 0 amide bonds. The lowest BCUT2D eigenvalue weighted by molar-refractivity contribution is -0.141. The number of rotatable bonds is 3. The van der Waals surface area contributed by atoms with Gasteiger partial charge in [-0.1, -0.05) is 0 Å². The van der Waals surface area contributed by atoms with Crippen LogP contribution >= 0.6 is 0 Å². The number of carbonyl (C=O) groups is 1. The van der Waals surface area contributed by atoms with Gasteiger partial charge in [-0.15, -0.1) is 0 Å². The van der Waals surface area contributed by atoms with Crippen LogP contribution in [0.1, 0.15) is 28.7 Å². The lowest BCUT2D eigenvalue weighted by Crippen LogP contribution is -2.34. The third kappa shape index (κ3) is 2.52. The molecule has 4 N–H and O–H groups in total. The summed E-state index contributed by atoms with van der Waals surface area (Å²) in [5.41, 5.74) is 1.47. The zero-order valence-electron chi connectivity index (χ0n) is 15.2. The molecule has 0 bridgehead atoms. The minimum Gasteiger partial charge on any atom is -0.504 e. The number of fused-ring (bicyclic) bond motifs is 2. The van der Waals surface area contributed by atoms with Crippen molar-refractivity contribution in [3.63, 3.8) is 0 Å². The number of aliphatic hydroxyl groups excluding tert-OH is 1. The molecule has 1 heterocycles. The van der Waals surface area contributed by atoms with Gasteiger partial charge in [-0.3, -0.25) is 4.79 Å². The third-order valence-electron chi connectivity index (χ3n) is 5.61. The van der Waals surface area contributed by atoms with E-state index in [0.29, 0.717) is 16.7 Å². The first-order chi connectivity index (χ1) is 13.4. The first-order valence-corrected chi connectivity index (χ1v) is 8.72. The summed E-state index contributed by atoms with van der Waals surface area (Å²) < 4.78 is 15.7. The van der Waals surface area contributed by atoms with Crippen molar-refractivity contribution in [2.24, 2.45) is 11.8 Å². The number of phenolic OH excluding ortho intramolecular Hbond substituents is 3. The van der Waals surface area contributed by atoms with Gasteiger partial charge in [0, 0.05) is 11.8 Å². The number of ether oxygens (including phenoxy) is 3. The molecule has 4 rings (SSSR count). The normalized spacial score (nSPS) is 25.6. The molecular formula is C20H20O8. The number of phenols is 3. The minimum absolute atomic E-state index is 0.0502. The average molecular weight is 388 g/mol. The number of cyclic esters (lactones) is 1. The summed E-state index contributed by atoms with van der Waals surface area (Å²) >= 11 is 0. The van der Waals surface area contributed by atoms with E-state index in [9.17, 15) is 25.2 Å². The Balaban J connectivity index is 1.98. The van der Waals surface area contributed by atoms with Crippen molar-refractivity contribution in [1.82, 2.24) is 0 Å². The largest absolute Gasteiger partial charge is 0.504 e. The van der Waals surface area contributed by atoms with Gasteiger partial charge in [0.15, 0.2) is 23.0 Å². The maximum Gasteiger partial charge on any atom is 0.310 e. The van der Waals surface area contributed by atoms with Gasteiger partial charge in [-0.2, -0.15) is 0 Å². The van der Waals surface area contributed by atoms with Crippen molar-refractivity contribution in [2.75, 3.05) is 20.8 Å². The maximum absolute atomic E-state index is 12.5. The summed E-state index contributed by atoms with van der Waals surface area (Å²) in [6.45, 7) is 0.0502. The second-order valence-corrected chi connectivity index (χ2v) is 6.99. The van der Waals surface area contributed by atoms with Crippen molar-refractivity contribution in [3.8, 4) is 28.7 Å². The highest BCUT2D eigenvalue weighted by Gasteiger charge is 2.52. The standard InChI is InChI=1S/C20H20O8/c1-26-14-3-8(4-15(27-2)19(14)24)16-9-5-12(21)13(22)6-10(9)18(23)11-7-28-20(25)17(11)16/h3-6,11,16-18,21-24H,7H2,1-2H3. The summed E-state index contributed by atoms with van der Waals surface area (Å²) in [5.74, 6) is -2.86. The van der Waals surface area contributed by atoms with Gasteiger partial charge in [0.2, 0.25) is 5.75 Å². The van der Waals surface area contributed by atoms with E-state index in [-0.39, 0.29) is 35.4 Å². The maximum atomic E-state index is 12.5. The van der Waals surface area contributed by atoms with Gasteiger partial charge in [0.05, 0.1) is 32.8 Å². The summed E-state index contributed by atoms with van der Waals surface area (Å²) in [6, 6.07) is 5.80. The van der Waals surface area contributed by atoms with Crippen LogP contribution < -0.4 is 9.47 Å². The van der Waals surface area contributed by atoms with Crippen LogP contribution in [0.15, 0.2) is 24.3 Å². The van der Waals surface area contributed by atoms with Crippen LogP contribution in [0.3, 0.4) is 0 Å². The lowest BCUT2D eigenvalue weighted by atomic mass is 9.66. The number of hydrogen-bond donors (Lipinski definition) is 4. The van der Waals surface area contributed by atoms with Crippen LogP contribution in [0.4, 0.5) is 0 Å². The molecule has 0 saturated carbocycles. The molecule has 4 unspecified atom stereocenters. The van der Waals surface area contributed by atoms with Crippen molar-refractivity contribution >= 4 is 5.97 Å². The number of aliphatic hydroxyl groups is 1. The summed E-state index contributed by atoms with van der Waals surface area (Å²) in [7, 11) is 2.79. The molecule has 0 spiro atoms. The highest BCUT2D eigenvalue weighted by molar-refractivity contribution is 5.78. The fraction of sp³-hybridized carbons (Fsp3) is 0.350.